The van der Waals surface area contributed by atoms with Crippen molar-refractivity contribution in [2.45, 2.75) is 24.0 Å². The minimum atomic E-state index is -0.607. The molecular formula is C40H32N6O4S2. The summed E-state index contributed by atoms with van der Waals surface area (Å²) in [6.45, 7) is 3.40. The van der Waals surface area contributed by atoms with Gasteiger partial charge in [0.25, 0.3) is 17.7 Å². The first kappa shape index (κ1) is 35.4. The van der Waals surface area contributed by atoms with Crippen LogP contribution in [0, 0.1) is 18.3 Å². The summed E-state index contributed by atoms with van der Waals surface area (Å²) >= 11 is 2.30. The van der Waals surface area contributed by atoms with Gasteiger partial charge in [0.15, 0.2) is 0 Å². The molecular weight excluding hydrogens is 693 g/mol. The number of anilines is 3. The van der Waals surface area contributed by atoms with Gasteiger partial charge in [0, 0.05) is 44.5 Å². The average Bonchev–Trinajstić information content (AvgIpc) is 3.71. The SMILES string of the molecule is Cc1c(C(=O)Nc2ccccc2)sc(NC(=O)C(C)Sc2cccc(NC(=O)/C(=C/c3c[nH]c4ccccc34)NC(=O)c3ccccc3)c2)c1C#N. The molecule has 2 aromatic heterocycles. The number of hydrogen-bond donors (Lipinski definition) is 5. The van der Waals surface area contributed by atoms with Gasteiger partial charge >= 0.3 is 0 Å². The molecule has 2 heterocycles. The van der Waals surface area contributed by atoms with Crippen molar-refractivity contribution in [1.29, 1.82) is 5.26 Å². The number of hydrogen-bond acceptors (Lipinski definition) is 7. The van der Waals surface area contributed by atoms with Gasteiger partial charge in [0.05, 0.1) is 15.7 Å². The Morgan fingerprint density at radius 3 is 2.27 bits per heavy atom. The van der Waals surface area contributed by atoms with Crippen molar-refractivity contribution in [3.8, 4) is 6.07 Å². The lowest BCUT2D eigenvalue weighted by molar-refractivity contribution is -0.115. The summed E-state index contributed by atoms with van der Waals surface area (Å²) in [7, 11) is 0. The number of H-pyrrole nitrogens is 1. The van der Waals surface area contributed by atoms with Crippen molar-refractivity contribution in [3.05, 3.63) is 148 Å². The highest BCUT2D eigenvalue weighted by atomic mass is 32.2. The summed E-state index contributed by atoms with van der Waals surface area (Å²) in [5, 5.41) is 21.7. The molecule has 0 spiro atoms. The highest BCUT2D eigenvalue weighted by Gasteiger charge is 2.24. The van der Waals surface area contributed by atoms with Crippen LogP contribution in [-0.4, -0.2) is 33.9 Å². The number of fused-ring (bicyclic) bond motifs is 1. The largest absolute Gasteiger partial charge is 0.361 e. The second kappa shape index (κ2) is 16.1. The topological polar surface area (TPSA) is 156 Å². The number of aromatic nitrogens is 1. The van der Waals surface area contributed by atoms with Gasteiger partial charge < -0.3 is 26.3 Å². The normalized spacial score (nSPS) is 11.7. The van der Waals surface area contributed by atoms with Gasteiger partial charge in [-0.1, -0.05) is 60.7 Å². The molecule has 6 rings (SSSR count). The predicted molar refractivity (Wildman–Crippen MR) is 207 cm³/mol. The van der Waals surface area contributed by atoms with Crippen molar-refractivity contribution in [2.75, 3.05) is 16.0 Å². The van der Waals surface area contributed by atoms with Gasteiger partial charge in [0.2, 0.25) is 5.91 Å². The first-order chi connectivity index (χ1) is 25.2. The summed E-state index contributed by atoms with van der Waals surface area (Å²) in [5.74, 6) is -1.70. The molecule has 1 unspecified atom stereocenters. The predicted octanol–water partition coefficient (Wildman–Crippen LogP) is 8.19. The van der Waals surface area contributed by atoms with Crippen molar-refractivity contribution < 1.29 is 19.2 Å². The van der Waals surface area contributed by atoms with Gasteiger partial charge in [0.1, 0.15) is 16.8 Å². The maximum Gasteiger partial charge on any atom is 0.272 e. The Morgan fingerprint density at radius 1 is 0.827 bits per heavy atom. The minimum Gasteiger partial charge on any atom is -0.361 e. The van der Waals surface area contributed by atoms with E-state index in [4.69, 9.17) is 0 Å². The molecule has 1 atom stereocenters. The Hall–Kier alpha value is -6.42. The first-order valence-corrected chi connectivity index (χ1v) is 17.8. The van der Waals surface area contributed by atoms with E-state index < -0.39 is 17.1 Å². The number of rotatable bonds is 11. The lowest BCUT2D eigenvalue weighted by atomic mass is 10.1. The van der Waals surface area contributed by atoms with Crippen LogP contribution in [0.1, 0.15) is 43.6 Å². The highest BCUT2D eigenvalue weighted by molar-refractivity contribution is 8.00. The second-order valence-electron chi connectivity index (χ2n) is 11.6. The molecule has 0 aliphatic heterocycles. The van der Waals surface area contributed by atoms with E-state index in [0.717, 1.165) is 27.8 Å². The molecule has 4 aromatic carbocycles. The number of thiophene rings is 1. The van der Waals surface area contributed by atoms with Crippen LogP contribution in [0.5, 0.6) is 0 Å². The van der Waals surface area contributed by atoms with E-state index in [2.05, 4.69) is 32.3 Å². The highest BCUT2D eigenvalue weighted by Crippen LogP contribution is 2.34. The zero-order valence-corrected chi connectivity index (χ0v) is 29.7. The maximum absolute atomic E-state index is 13.7. The van der Waals surface area contributed by atoms with E-state index in [-0.39, 0.29) is 23.1 Å². The Morgan fingerprint density at radius 2 is 1.52 bits per heavy atom. The summed E-state index contributed by atoms with van der Waals surface area (Å²) in [4.78, 5) is 57.4. The first-order valence-electron chi connectivity index (χ1n) is 16.1. The quantitative estimate of drug-likeness (QED) is 0.0670. The number of nitrogens with zero attached hydrogens (tertiary/aromatic N) is 1. The van der Waals surface area contributed by atoms with Crippen LogP contribution >= 0.6 is 23.1 Å². The minimum absolute atomic E-state index is 0.0424. The third-order valence-corrected chi connectivity index (χ3v) is 10.3. The summed E-state index contributed by atoms with van der Waals surface area (Å²) in [6.07, 6.45) is 3.40. The fourth-order valence-electron chi connectivity index (χ4n) is 5.29. The van der Waals surface area contributed by atoms with E-state index in [0.29, 0.717) is 37.3 Å². The molecule has 0 fully saturated rings. The number of thioether (sulfide) groups is 1. The molecule has 4 amide bonds. The molecule has 5 N–H and O–H groups in total. The zero-order chi connectivity index (χ0) is 36.6. The van der Waals surface area contributed by atoms with Gasteiger partial charge in [-0.2, -0.15) is 5.26 Å². The fourth-order valence-corrected chi connectivity index (χ4v) is 7.27. The summed E-state index contributed by atoms with van der Waals surface area (Å²) in [5.41, 5.74) is 3.84. The molecule has 0 aliphatic rings. The van der Waals surface area contributed by atoms with Crippen LogP contribution in [-0.2, 0) is 9.59 Å². The van der Waals surface area contributed by atoms with Crippen LogP contribution < -0.4 is 21.3 Å². The molecule has 12 heteroatoms. The Kier molecular flexibility index (Phi) is 10.9. The van der Waals surface area contributed by atoms with Crippen LogP contribution in [0.2, 0.25) is 0 Å². The number of nitriles is 1. The van der Waals surface area contributed by atoms with Crippen molar-refractivity contribution in [2.24, 2.45) is 0 Å². The third kappa shape index (κ3) is 8.30. The number of amides is 4. The van der Waals surface area contributed by atoms with Crippen molar-refractivity contribution in [1.82, 2.24) is 10.3 Å². The molecule has 0 saturated heterocycles. The van der Waals surface area contributed by atoms with E-state index >= 15 is 0 Å². The standard InChI is InChI=1S/C40H32N6O4S2/c1-24-32(22-41)40(52-35(24)39(50)43-28-14-7-4-8-15-28)46-36(47)25(2)51-30-17-11-16-29(21-30)44-38(49)34(45-37(48)26-12-5-3-6-13-26)20-27-23-42-33-19-10-9-18-31(27)33/h3-21,23,25,42H,1-2H3,(H,43,50)(H,44,49)(H,45,48)(H,46,47)/b34-20-. The monoisotopic (exact) mass is 724 g/mol. The number of nitrogens with one attached hydrogen (secondary N) is 5. The van der Waals surface area contributed by atoms with Crippen LogP contribution in [0.15, 0.2) is 126 Å². The molecule has 0 bridgehead atoms. The molecule has 0 aliphatic carbocycles. The Balaban J connectivity index is 1.15. The van der Waals surface area contributed by atoms with Gasteiger partial charge in [-0.15, -0.1) is 23.1 Å². The number of aromatic amines is 1. The van der Waals surface area contributed by atoms with Crippen LogP contribution in [0.4, 0.5) is 16.4 Å². The van der Waals surface area contributed by atoms with Crippen LogP contribution in [0.3, 0.4) is 0 Å². The molecule has 6 aromatic rings. The number of carbonyl (C=O) groups excluding carboxylic acids is 4. The van der Waals surface area contributed by atoms with E-state index in [9.17, 15) is 24.4 Å². The molecule has 52 heavy (non-hydrogen) atoms. The van der Waals surface area contributed by atoms with Gasteiger partial charge in [-0.25, -0.2) is 0 Å². The molecule has 0 radical (unpaired) electrons. The fraction of sp³-hybridized carbons (Fsp3) is 0.0750. The van der Waals surface area contributed by atoms with E-state index in [1.165, 1.54) is 11.8 Å². The molecule has 258 valence electrons. The van der Waals surface area contributed by atoms with Crippen LogP contribution in [0.25, 0.3) is 17.0 Å². The van der Waals surface area contributed by atoms with Crippen molar-refractivity contribution >= 4 is 80.1 Å². The Bertz CT molecular complexity index is 2360. The second-order valence-corrected chi connectivity index (χ2v) is 14.0. The number of carbonyl (C=O) groups is 4. The Labute approximate surface area is 308 Å². The molecule has 10 nitrogen and oxygen atoms in total. The van der Waals surface area contributed by atoms with Gasteiger partial charge in [-0.3, -0.25) is 19.2 Å². The average molecular weight is 725 g/mol. The van der Waals surface area contributed by atoms with Crippen molar-refractivity contribution in [3.63, 3.8) is 0 Å². The third-order valence-electron chi connectivity index (χ3n) is 7.96. The summed E-state index contributed by atoms with van der Waals surface area (Å²) < 4.78 is 0. The summed E-state index contributed by atoms with van der Waals surface area (Å²) in [6, 6.07) is 34.4. The lowest BCUT2D eigenvalue weighted by Crippen LogP contribution is -2.30. The lowest BCUT2D eigenvalue weighted by Gasteiger charge is -2.14. The smallest absolute Gasteiger partial charge is 0.272 e. The maximum atomic E-state index is 13.7. The molecule has 0 saturated carbocycles. The zero-order valence-electron chi connectivity index (χ0n) is 28.0. The van der Waals surface area contributed by atoms with E-state index in [1.807, 2.05) is 36.4 Å². The number of para-hydroxylation sites is 2. The van der Waals surface area contributed by atoms with Gasteiger partial charge in [-0.05, 0) is 74.0 Å². The number of benzene rings is 4. The van der Waals surface area contributed by atoms with E-state index in [1.54, 1.807) is 98.9 Å².